The maximum atomic E-state index is 13.3. The van der Waals surface area contributed by atoms with Crippen LogP contribution in [0.25, 0.3) is 0 Å². The number of carbonyl (C=O) groups is 1. The van der Waals surface area contributed by atoms with Gasteiger partial charge in [-0.1, -0.05) is 30.3 Å². The van der Waals surface area contributed by atoms with Crippen molar-refractivity contribution < 1.29 is 31.1 Å². The number of hydrogen-bond donors (Lipinski definition) is 0. The van der Waals surface area contributed by atoms with Crippen LogP contribution in [-0.4, -0.2) is 39.3 Å². The molecule has 5 nitrogen and oxygen atoms in total. The smallest absolute Gasteiger partial charge is 0.417 e. The second kappa shape index (κ2) is 7.46. The molecule has 0 saturated carbocycles. The Kier molecular flexibility index (Phi) is 5.38. The first-order valence-corrected chi connectivity index (χ1v) is 10.0. The van der Waals surface area contributed by atoms with Gasteiger partial charge in [-0.05, 0) is 30.7 Å². The van der Waals surface area contributed by atoms with E-state index >= 15 is 0 Å². The molecule has 3 rings (SSSR count). The molecule has 0 N–H and O–H groups in total. The van der Waals surface area contributed by atoms with E-state index in [1.165, 1.54) is 13.2 Å². The van der Waals surface area contributed by atoms with E-state index in [0.29, 0.717) is 5.69 Å². The number of esters is 1. The lowest BCUT2D eigenvalue weighted by Gasteiger charge is -2.24. The van der Waals surface area contributed by atoms with Gasteiger partial charge in [-0.2, -0.15) is 13.2 Å². The third-order valence-electron chi connectivity index (χ3n) is 4.76. The molecule has 28 heavy (non-hydrogen) atoms. The lowest BCUT2D eigenvalue weighted by molar-refractivity contribution is -0.142. The monoisotopic (exact) mass is 413 g/mol. The molecule has 1 fully saturated rings. The van der Waals surface area contributed by atoms with Gasteiger partial charge in [0.05, 0.1) is 22.8 Å². The third kappa shape index (κ3) is 3.71. The molecule has 0 aliphatic carbocycles. The van der Waals surface area contributed by atoms with Crippen molar-refractivity contribution in [3.05, 3.63) is 60.2 Å². The predicted octanol–water partition coefficient (Wildman–Crippen LogP) is 3.30. The maximum Gasteiger partial charge on any atom is 0.417 e. The fourth-order valence-electron chi connectivity index (χ4n) is 3.42. The number of para-hydroxylation sites is 1. The van der Waals surface area contributed by atoms with Crippen molar-refractivity contribution in [3.8, 4) is 0 Å². The van der Waals surface area contributed by atoms with Crippen LogP contribution >= 0.6 is 0 Å². The van der Waals surface area contributed by atoms with Crippen molar-refractivity contribution in [1.82, 2.24) is 0 Å². The van der Waals surface area contributed by atoms with Crippen molar-refractivity contribution >= 4 is 21.5 Å². The number of rotatable bonds is 4. The Hall–Kier alpha value is -2.55. The molecule has 0 radical (unpaired) electrons. The van der Waals surface area contributed by atoms with E-state index in [-0.39, 0.29) is 13.0 Å². The molecule has 0 aromatic heterocycles. The summed E-state index contributed by atoms with van der Waals surface area (Å²) in [6.07, 6.45) is -4.96. The van der Waals surface area contributed by atoms with Crippen LogP contribution in [0.3, 0.4) is 0 Å². The van der Waals surface area contributed by atoms with Crippen LogP contribution in [0.2, 0.25) is 0 Å². The first-order chi connectivity index (χ1) is 13.2. The molecule has 2 aromatic carbocycles. The summed E-state index contributed by atoms with van der Waals surface area (Å²) in [6, 6.07) is 11.8. The second-order valence-corrected chi connectivity index (χ2v) is 8.62. The molecule has 0 amide bonds. The fraction of sp³-hybridized carbons (Fsp3) is 0.316. The molecule has 150 valence electrons. The van der Waals surface area contributed by atoms with Crippen molar-refractivity contribution in [2.24, 2.45) is 0 Å². The highest BCUT2D eigenvalue weighted by Gasteiger charge is 2.46. The lowest BCUT2D eigenvalue weighted by atomic mass is 10.2. The van der Waals surface area contributed by atoms with E-state index < -0.39 is 43.7 Å². The van der Waals surface area contributed by atoms with Gasteiger partial charge in [-0.3, -0.25) is 0 Å². The molecule has 1 aliphatic rings. The van der Waals surface area contributed by atoms with Crippen LogP contribution in [-0.2, 0) is 25.5 Å². The molecule has 0 bridgehead atoms. The van der Waals surface area contributed by atoms with Gasteiger partial charge in [-0.15, -0.1) is 0 Å². The number of alkyl halides is 3. The third-order valence-corrected chi connectivity index (χ3v) is 6.95. The Balaban J connectivity index is 2.01. The minimum absolute atomic E-state index is 0.113. The molecular weight excluding hydrogens is 395 g/mol. The first-order valence-electron chi connectivity index (χ1n) is 8.46. The number of methoxy groups -OCH3 is 1. The minimum Gasteiger partial charge on any atom is -0.467 e. The number of benzene rings is 2. The summed E-state index contributed by atoms with van der Waals surface area (Å²) in [5.74, 6) is -0.634. The number of ether oxygens (including phenoxy) is 1. The quantitative estimate of drug-likeness (QED) is 0.720. The molecule has 1 saturated heterocycles. The van der Waals surface area contributed by atoms with Crippen LogP contribution in [0.1, 0.15) is 12.0 Å². The number of carbonyl (C=O) groups excluding carboxylic acids is 1. The summed E-state index contributed by atoms with van der Waals surface area (Å²) in [7, 11) is -3.15. The van der Waals surface area contributed by atoms with Gasteiger partial charge in [0.25, 0.3) is 0 Å². The van der Waals surface area contributed by atoms with E-state index in [1.54, 1.807) is 35.2 Å². The highest BCUT2D eigenvalue weighted by molar-refractivity contribution is 7.92. The average Bonchev–Trinajstić information content (AvgIpc) is 3.14. The predicted molar refractivity (Wildman–Crippen MR) is 96.6 cm³/mol. The van der Waals surface area contributed by atoms with Crippen LogP contribution in [0.4, 0.5) is 18.9 Å². The largest absolute Gasteiger partial charge is 0.467 e. The van der Waals surface area contributed by atoms with Gasteiger partial charge in [0.2, 0.25) is 0 Å². The lowest BCUT2D eigenvalue weighted by Crippen LogP contribution is -2.37. The molecular formula is C19H18F3NO4S. The number of sulfone groups is 1. The van der Waals surface area contributed by atoms with Crippen molar-refractivity contribution in [2.75, 3.05) is 18.6 Å². The molecule has 1 unspecified atom stereocenters. The number of halogens is 3. The first kappa shape index (κ1) is 20.2. The zero-order valence-electron chi connectivity index (χ0n) is 14.9. The van der Waals surface area contributed by atoms with E-state index in [1.807, 2.05) is 0 Å². The summed E-state index contributed by atoms with van der Waals surface area (Å²) < 4.78 is 70.8. The minimum atomic E-state index is -4.80. The van der Waals surface area contributed by atoms with Gasteiger partial charge < -0.3 is 9.64 Å². The molecule has 1 aliphatic heterocycles. The van der Waals surface area contributed by atoms with E-state index in [0.717, 1.165) is 18.2 Å². The van der Waals surface area contributed by atoms with Gasteiger partial charge in [0.1, 0.15) is 6.04 Å². The second-order valence-electron chi connectivity index (χ2n) is 6.42. The summed E-state index contributed by atoms with van der Waals surface area (Å²) in [5.41, 5.74) is -0.609. The Morgan fingerprint density at radius 3 is 2.29 bits per heavy atom. The zero-order valence-corrected chi connectivity index (χ0v) is 15.7. The molecule has 1 heterocycles. The number of hydrogen-bond acceptors (Lipinski definition) is 5. The fourth-order valence-corrected chi connectivity index (χ4v) is 5.33. The number of nitrogens with zero attached hydrogens (tertiary/aromatic N) is 1. The topological polar surface area (TPSA) is 63.7 Å². The maximum absolute atomic E-state index is 13.3. The summed E-state index contributed by atoms with van der Waals surface area (Å²) in [6.45, 7) is -0.113. The Labute approximate surface area is 160 Å². The summed E-state index contributed by atoms with van der Waals surface area (Å²) >= 11 is 0. The average molecular weight is 413 g/mol. The highest BCUT2D eigenvalue weighted by Crippen LogP contribution is 2.38. The SMILES string of the molecule is COC(=O)C1C[C@@H](S(=O)(=O)c2ccccc2C(F)(F)F)CN1c1ccccc1. The normalized spacial score (nSPS) is 20.2. The Bertz CT molecular complexity index is 961. The molecule has 2 aromatic rings. The Morgan fingerprint density at radius 1 is 1.07 bits per heavy atom. The van der Waals surface area contributed by atoms with E-state index in [4.69, 9.17) is 4.74 Å². The van der Waals surface area contributed by atoms with Gasteiger partial charge in [0, 0.05) is 12.2 Å². The van der Waals surface area contributed by atoms with Crippen LogP contribution < -0.4 is 4.90 Å². The Morgan fingerprint density at radius 2 is 1.68 bits per heavy atom. The van der Waals surface area contributed by atoms with Crippen molar-refractivity contribution in [2.45, 2.75) is 28.8 Å². The standard InChI is InChI=1S/C19H18F3NO4S/c1-27-18(24)16-11-14(12-23(16)13-7-3-2-4-8-13)28(25,26)17-10-6-5-9-15(17)19(20,21)22/h2-10,14,16H,11-12H2,1H3/t14-,16?/m1/s1. The van der Waals surface area contributed by atoms with Gasteiger partial charge in [-0.25, -0.2) is 13.2 Å². The summed E-state index contributed by atoms with van der Waals surface area (Å²) in [4.78, 5) is 13.0. The molecule has 2 atom stereocenters. The van der Waals surface area contributed by atoms with Gasteiger partial charge in [0.15, 0.2) is 9.84 Å². The number of anilines is 1. The zero-order chi connectivity index (χ0) is 20.5. The van der Waals surface area contributed by atoms with Crippen LogP contribution in [0, 0.1) is 0 Å². The van der Waals surface area contributed by atoms with Crippen LogP contribution in [0.5, 0.6) is 0 Å². The van der Waals surface area contributed by atoms with Crippen molar-refractivity contribution in [3.63, 3.8) is 0 Å². The molecule has 9 heteroatoms. The molecule has 0 spiro atoms. The van der Waals surface area contributed by atoms with Crippen LogP contribution in [0.15, 0.2) is 59.5 Å². The summed E-state index contributed by atoms with van der Waals surface area (Å²) in [5, 5.41) is -1.18. The van der Waals surface area contributed by atoms with E-state index in [9.17, 15) is 26.4 Å². The van der Waals surface area contributed by atoms with Gasteiger partial charge >= 0.3 is 12.1 Å². The van der Waals surface area contributed by atoms with Crippen molar-refractivity contribution in [1.29, 1.82) is 0 Å². The highest BCUT2D eigenvalue weighted by atomic mass is 32.2. The van der Waals surface area contributed by atoms with E-state index in [2.05, 4.69) is 0 Å².